The van der Waals surface area contributed by atoms with E-state index in [4.69, 9.17) is 23.2 Å². The van der Waals surface area contributed by atoms with Crippen LogP contribution in [0.1, 0.15) is 5.56 Å². The summed E-state index contributed by atoms with van der Waals surface area (Å²) >= 11 is 12.3. The Hall–Kier alpha value is -1.95. The maximum absolute atomic E-state index is 10.5. The van der Waals surface area contributed by atoms with Crippen LogP contribution >= 0.6 is 23.2 Å². The van der Waals surface area contributed by atoms with Gasteiger partial charge in [-0.05, 0) is 18.2 Å². The minimum Gasteiger partial charge on any atom is -0.288 e. The maximum Gasteiger partial charge on any atom is 0.146 e. The molecule has 0 amide bonds. The van der Waals surface area contributed by atoms with Crippen molar-refractivity contribution in [2.45, 2.75) is 0 Å². The molecule has 112 valence electrons. The molecule has 1 aromatic carbocycles. The number of rotatable bonds is 1. The fraction of sp³-hybridized carbons (Fsp3) is 0.133. The van der Waals surface area contributed by atoms with Gasteiger partial charge in [0.15, 0.2) is 0 Å². The molecule has 2 aromatic rings. The van der Waals surface area contributed by atoms with E-state index in [1.807, 2.05) is 12.1 Å². The first-order valence-corrected chi connectivity index (χ1v) is 7.28. The Labute approximate surface area is 136 Å². The molecule has 0 radical (unpaired) electrons. The number of hydrogen-bond donors (Lipinski definition) is 1. The molecular formula is C15H12Cl2N4O. The molecule has 0 spiro atoms. The van der Waals surface area contributed by atoms with Gasteiger partial charge in [0.05, 0.1) is 10.4 Å². The molecule has 2 heterocycles. The van der Waals surface area contributed by atoms with Crippen molar-refractivity contribution in [3.63, 3.8) is 0 Å². The van der Waals surface area contributed by atoms with E-state index in [1.54, 1.807) is 31.3 Å². The molecule has 1 aromatic heterocycles. The van der Waals surface area contributed by atoms with E-state index in [0.29, 0.717) is 38.0 Å². The van der Waals surface area contributed by atoms with Crippen molar-refractivity contribution in [1.82, 2.24) is 10.0 Å². The van der Waals surface area contributed by atoms with Crippen LogP contribution in [0, 0.1) is 0 Å². The van der Waals surface area contributed by atoms with Gasteiger partial charge in [-0.1, -0.05) is 41.4 Å². The average Bonchev–Trinajstić information content (AvgIpc) is 2.64. The van der Waals surface area contributed by atoms with Crippen LogP contribution in [0.25, 0.3) is 5.70 Å². The lowest BCUT2D eigenvalue weighted by Gasteiger charge is -2.19. The zero-order valence-electron chi connectivity index (χ0n) is 11.7. The first kappa shape index (κ1) is 15.0. The molecular weight excluding hydrogens is 323 g/mol. The van der Waals surface area contributed by atoms with Crippen molar-refractivity contribution >= 4 is 34.7 Å². The second-order valence-electron chi connectivity index (χ2n) is 4.64. The number of aliphatic imine (C=N–C) groups is 1. The third-order valence-corrected chi connectivity index (χ3v) is 3.79. The molecule has 0 fully saturated rings. The first-order chi connectivity index (χ1) is 10.6. The monoisotopic (exact) mass is 334 g/mol. The topological polar surface area (TPSA) is 61.1 Å². The summed E-state index contributed by atoms with van der Waals surface area (Å²) in [4.78, 5) is 12.8. The summed E-state index contributed by atoms with van der Waals surface area (Å²) in [6, 6.07) is 10.6. The van der Waals surface area contributed by atoms with Crippen LogP contribution in [-0.4, -0.2) is 34.7 Å². The van der Waals surface area contributed by atoms with Crippen LogP contribution in [0.3, 0.4) is 0 Å². The quantitative estimate of drug-likeness (QED) is 0.810. The SMILES string of the molecule is CN=C1CN(O)C(c2ccccc2Cl)=c2nc(Cl)ccc2=N1. The highest BCUT2D eigenvalue weighted by Crippen LogP contribution is 2.23. The van der Waals surface area contributed by atoms with Gasteiger partial charge in [0.1, 0.15) is 28.6 Å². The van der Waals surface area contributed by atoms with E-state index in [0.717, 1.165) is 5.06 Å². The molecule has 1 aliphatic heterocycles. The summed E-state index contributed by atoms with van der Waals surface area (Å²) in [6.07, 6.45) is 0. The number of amidine groups is 1. The number of hydrogen-bond acceptors (Lipinski definition) is 4. The molecule has 1 aliphatic rings. The summed E-state index contributed by atoms with van der Waals surface area (Å²) in [5, 5.41) is 13.4. The molecule has 0 saturated carbocycles. The van der Waals surface area contributed by atoms with Crippen molar-refractivity contribution in [2.24, 2.45) is 9.98 Å². The van der Waals surface area contributed by atoms with Gasteiger partial charge in [-0.25, -0.2) is 15.0 Å². The predicted octanol–water partition coefficient (Wildman–Crippen LogP) is 1.90. The third-order valence-electron chi connectivity index (χ3n) is 3.25. The number of aromatic nitrogens is 1. The second-order valence-corrected chi connectivity index (χ2v) is 5.43. The molecule has 0 atom stereocenters. The zero-order valence-corrected chi connectivity index (χ0v) is 13.2. The smallest absolute Gasteiger partial charge is 0.146 e. The fourth-order valence-corrected chi connectivity index (χ4v) is 2.62. The van der Waals surface area contributed by atoms with E-state index in [1.165, 1.54) is 0 Å². The Morgan fingerprint density at radius 3 is 2.68 bits per heavy atom. The molecule has 22 heavy (non-hydrogen) atoms. The van der Waals surface area contributed by atoms with Gasteiger partial charge >= 0.3 is 0 Å². The Kier molecular flexibility index (Phi) is 4.11. The number of hydroxylamine groups is 2. The minimum atomic E-state index is 0.130. The number of halogens is 2. The standard InChI is InChI=1S/C15H12Cl2N4O/c1-18-13-8-21(22)15(9-4-2-3-5-10(9)16)14-11(19-13)6-7-12(17)20-14/h2-7,22H,8H2,1H3. The molecule has 3 rings (SSSR count). The van der Waals surface area contributed by atoms with E-state index in [9.17, 15) is 5.21 Å². The Morgan fingerprint density at radius 2 is 1.95 bits per heavy atom. The van der Waals surface area contributed by atoms with Gasteiger partial charge in [0.25, 0.3) is 0 Å². The molecule has 1 N–H and O–H groups in total. The van der Waals surface area contributed by atoms with Crippen LogP contribution in [0.4, 0.5) is 0 Å². The highest BCUT2D eigenvalue weighted by Gasteiger charge is 2.20. The van der Waals surface area contributed by atoms with Gasteiger partial charge in [-0.15, -0.1) is 0 Å². The van der Waals surface area contributed by atoms with Crippen molar-refractivity contribution < 1.29 is 5.21 Å². The van der Waals surface area contributed by atoms with Crippen molar-refractivity contribution in [3.8, 4) is 0 Å². The highest BCUT2D eigenvalue weighted by molar-refractivity contribution is 6.32. The summed E-state index contributed by atoms with van der Waals surface area (Å²) in [5.41, 5.74) is 1.10. The van der Waals surface area contributed by atoms with Crippen molar-refractivity contribution in [1.29, 1.82) is 0 Å². The molecule has 0 unspecified atom stereocenters. The normalized spacial score (nSPS) is 16.3. The lowest BCUT2D eigenvalue weighted by Crippen LogP contribution is -2.34. The van der Waals surface area contributed by atoms with E-state index < -0.39 is 0 Å². The summed E-state index contributed by atoms with van der Waals surface area (Å²) in [6.45, 7) is 0.130. The molecule has 0 bridgehead atoms. The summed E-state index contributed by atoms with van der Waals surface area (Å²) < 4.78 is 0. The van der Waals surface area contributed by atoms with Crippen molar-refractivity contribution in [2.75, 3.05) is 13.6 Å². The second kappa shape index (κ2) is 6.04. The van der Waals surface area contributed by atoms with Crippen LogP contribution in [0.5, 0.6) is 0 Å². The van der Waals surface area contributed by atoms with Gasteiger partial charge in [0.2, 0.25) is 0 Å². The maximum atomic E-state index is 10.5. The predicted molar refractivity (Wildman–Crippen MR) is 85.8 cm³/mol. The van der Waals surface area contributed by atoms with E-state index in [2.05, 4.69) is 15.0 Å². The largest absolute Gasteiger partial charge is 0.288 e. The minimum absolute atomic E-state index is 0.130. The number of pyridine rings is 1. The summed E-state index contributed by atoms with van der Waals surface area (Å²) in [7, 11) is 1.62. The zero-order chi connectivity index (χ0) is 15.7. The van der Waals surface area contributed by atoms with Crippen LogP contribution in [-0.2, 0) is 0 Å². The third kappa shape index (κ3) is 2.70. The molecule has 7 heteroatoms. The molecule has 0 saturated heterocycles. The Bertz CT molecular complexity index is 879. The number of nitrogens with zero attached hydrogens (tertiary/aromatic N) is 4. The van der Waals surface area contributed by atoms with Crippen LogP contribution in [0.2, 0.25) is 10.2 Å². The first-order valence-electron chi connectivity index (χ1n) is 6.52. The number of benzene rings is 1. The van der Waals surface area contributed by atoms with Crippen LogP contribution < -0.4 is 10.7 Å². The number of fused-ring (bicyclic) bond motifs is 1. The van der Waals surface area contributed by atoms with Gasteiger partial charge in [-0.2, -0.15) is 0 Å². The van der Waals surface area contributed by atoms with Gasteiger partial charge in [0, 0.05) is 12.6 Å². The van der Waals surface area contributed by atoms with Crippen LogP contribution in [0.15, 0.2) is 46.4 Å². The Morgan fingerprint density at radius 1 is 1.18 bits per heavy atom. The summed E-state index contributed by atoms with van der Waals surface area (Å²) in [5.74, 6) is 0.481. The Balaban J connectivity index is 2.45. The van der Waals surface area contributed by atoms with Crippen molar-refractivity contribution in [3.05, 3.63) is 62.8 Å². The van der Waals surface area contributed by atoms with E-state index in [-0.39, 0.29) is 6.54 Å². The van der Waals surface area contributed by atoms with Gasteiger partial charge < -0.3 is 0 Å². The molecule has 0 aliphatic carbocycles. The highest BCUT2D eigenvalue weighted by atomic mass is 35.5. The fourth-order valence-electron chi connectivity index (χ4n) is 2.24. The molecule has 5 nitrogen and oxygen atoms in total. The lowest BCUT2D eigenvalue weighted by molar-refractivity contribution is -0.0121. The lowest BCUT2D eigenvalue weighted by atomic mass is 10.1. The van der Waals surface area contributed by atoms with Gasteiger partial charge in [-0.3, -0.25) is 10.2 Å². The van der Waals surface area contributed by atoms with E-state index >= 15 is 0 Å². The average molecular weight is 335 g/mol.